The number of aliphatic hydroxyl groups excluding tert-OH is 1. The smallest absolute Gasteiger partial charge is 0.0887 e. The molecule has 1 nitrogen and oxygen atoms in total. The van der Waals surface area contributed by atoms with Crippen LogP contribution < -0.4 is 0 Å². The Morgan fingerprint density at radius 3 is 2.60 bits per heavy atom. The predicted molar refractivity (Wildman–Crippen MR) is 65.3 cm³/mol. The van der Waals surface area contributed by atoms with Crippen LogP contribution >= 0.6 is 11.3 Å². The van der Waals surface area contributed by atoms with Gasteiger partial charge in [-0.1, -0.05) is 25.7 Å². The second-order valence-corrected chi connectivity index (χ2v) is 6.09. The van der Waals surface area contributed by atoms with Gasteiger partial charge in [0.2, 0.25) is 0 Å². The SMILES string of the molecule is Cc1cc(C)c(C(O)CC2CCCC2)s1. The molecular formula is C13H20OS. The van der Waals surface area contributed by atoms with Gasteiger partial charge in [-0.3, -0.25) is 0 Å². The molecule has 0 bridgehead atoms. The number of aliphatic hydroxyl groups is 1. The van der Waals surface area contributed by atoms with Crippen molar-refractivity contribution in [3.8, 4) is 0 Å². The van der Waals surface area contributed by atoms with Crippen LogP contribution in [0, 0.1) is 19.8 Å². The number of hydrogen-bond acceptors (Lipinski definition) is 2. The quantitative estimate of drug-likeness (QED) is 0.823. The van der Waals surface area contributed by atoms with Crippen molar-refractivity contribution in [1.82, 2.24) is 0 Å². The van der Waals surface area contributed by atoms with Gasteiger partial charge < -0.3 is 5.11 Å². The van der Waals surface area contributed by atoms with Crippen LogP contribution in [-0.4, -0.2) is 5.11 Å². The van der Waals surface area contributed by atoms with E-state index in [0.717, 1.165) is 12.3 Å². The zero-order valence-electron chi connectivity index (χ0n) is 9.62. The normalized spacial score (nSPS) is 19.7. The Morgan fingerprint density at radius 1 is 1.40 bits per heavy atom. The van der Waals surface area contributed by atoms with Crippen LogP contribution in [0.2, 0.25) is 0 Å². The van der Waals surface area contributed by atoms with E-state index in [1.165, 1.54) is 41.0 Å². The Balaban J connectivity index is 2.00. The van der Waals surface area contributed by atoms with Crippen molar-refractivity contribution in [3.05, 3.63) is 21.4 Å². The molecule has 0 amide bonds. The number of hydrogen-bond donors (Lipinski definition) is 1. The van der Waals surface area contributed by atoms with E-state index in [-0.39, 0.29) is 6.10 Å². The minimum Gasteiger partial charge on any atom is -0.388 e. The summed E-state index contributed by atoms with van der Waals surface area (Å²) in [6.07, 6.45) is 6.12. The molecule has 0 aromatic carbocycles. The van der Waals surface area contributed by atoms with E-state index < -0.39 is 0 Å². The topological polar surface area (TPSA) is 20.2 Å². The van der Waals surface area contributed by atoms with Gasteiger partial charge >= 0.3 is 0 Å². The van der Waals surface area contributed by atoms with Gasteiger partial charge in [0.15, 0.2) is 0 Å². The fourth-order valence-electron chi connectivity index (χ4n) is 2.66. The average molecular weight is 224 g/mol. The third kappa shape index (κ3) is 2.61. The first kappa shape index (κ1) is 11.2. The Morgan fingerprint density at radius 2 is 2.07 bits per heavy atom. The van der Waals surface area contributed by atoms with Crippen LogP contribution in [0.15, 0.2) is 6.07 Å². The van der Waals surface area contributed by atoms with Gasteiger partial charge in [0.05, 0.1) is 6.10 Å². The van der Waals surface area contributed by atoms with Crippen LogP contribution in [0.5, 0.6) is 0 Å². The fourth-order valence-corrected chi connectivity index (χ4v) is 3.69. The molecule has 1 aromatic heterocycles. The summed E-state index contributed by atoms with van der Waals surface area (Å²) in [4.78, 5) is 2.51. The van der Waals surface area contributed by atoms with Crippen molar-refractivity contribution in [2.24, 2.45) is 5.92 Å². The van der Waals surface area contributed by atoms with Crippen molar-refractivity contribution < 1.29 is 5.11 Å². The maximum Gasteiger partial charge on any atom is 0.0887 e. The lowest BCUT2D eigenvalue weighted by atomic mass is 9.98. The first-order chi connectivity index (χ1) is 7.16. The van der Waals surface area contributed by atoms with Gasteiger partial charge in [0.25, 0.3) is 0 Å². The highest BCUT2D eigenvalue weighted by atomic mass is 32.1. The molecule has 84 valence electrons. The summed E-state index contributed by atoms with van der Waals surface area (Å²) in [5, 5.41) is 10.2. The van der Waals surface area contributed by atoms with E-state index in [1.807, 2.05) is 0 Å². The summed E-state index contributed by atoms with van der Waals surface area (Å²) >= 11 is 1.76. The summed E-state index contributed by atoms with van der Waals surface area (Å²) in [5.41, 5.74) is 1.27. The molecule has 1 saturated carbocycles. The zero-order chi connectivity index (χ0) is 10.8. The minimum atomic E-state index is -0.216. The first-order valence-electron chi connectivity index (χ1n) is 5.92. The highest BCUT2D eigenvalue weighted by Gasteiger charge is 2.21. The third-order valence-corrected chi connectivity index (χ3v) is 4.67. The molecule has 2 rings (SSSR count). The van der Waals surface area contributed by atoms with E-state index in [0.29, 0.717) is 0 Å². The Bertz CT molecular complexity index is 323. The highest BCUT2D eigenvalue weighted by Crippen LogP contribution is 2.36. The molecule has 1 heterocycles. The Labute approximate surface area is 96.1 Å². The molecule has 0 radical (unpaired) electrons. The molecule has 0 saturated heterocycles. The molecular weight excluding hydrogens is 204 g/mol. The molecule has 1 N–H and O–H groups in total. The van der Waals surface area contributed by atoms with Gasteiger partial charge in [-0.05, 0) is 37.8 Å². The van der Waals surface area contributed by atoms with Crippen LogP contribution in [0.3, 0.4) is 0 Å². The Kier molecular flexibility index (Phi) is 3.47. The molecule has 15 heavy (non-hydrogen) atoms. The molecule has 1 unspecified atom stereocenters. The standard InChI is InChI=1S/C13H20OS/c1-9-7-10(2)15-13(9)12(14)8-11-5-3-4-6-11/h7,11-12,14H,3-6,8H2,1-2H3. The van der Waals surface area contributed by atoms with Gasteiger partial charge in [-0.15, -0.1) is 11.3 Å². The molecule has 1 aromatic rings. The lowest BCUT2D eigenvalue weighted by Crippen LogP contribution is -2.03. The average Bonchev–Trinajstić information content (AvgIpc) is 2.75. The molecule has 2 heteroatoms. The molecule has 1 aliphatic rings. The number of aryl methyl sites for hydroxylation is 2. The van der Waals surface area contributed by atoms with E-state index in [2.05, 4.69) is 19.9 Å². The summed E-state index contributed by atoms with van der Waals surface area (Å²) in [7, 11) is 0. The van der Waals surface area contributed by atoms with Gasteiger partial charge in [0.1, 0.15) is 0 Å². The first-order valence-corrected chi connectivity index (χ1v) is 6.73. The number of thiophene rings is 1. The molecule has 0 spiro atoms. The zero-order valence-corrected chi connectivity index (χ0v) is 10.4. The lowest BCUT2D eigenvalue weighted by molar-refractivity contribution is 0.148. The van der Waals surface area contributed by atoms with Crippen molar-refractivity contribution >= 4 is 11.3 Å². The largest absolute Gasteiger partial charge is 0.388 e. The van der Waals surface area contributed by atoms with E-state index >= 15 is 0 Å². The third-order valence-electron chi connectivity index (χ3n) is 3.41. The van der Waals surface area contributed by atoms with Crippen LogP contribution in [0.25, 0.3) is 0 Å². The van der Waals surface area contributed by atoms with Gasteiger partial charge in [-0.2, -0.15) is 0 Å². The molecule has 1 fully saturated rings. The fraction of sp³-hybridized carbons (Fsp3) is 0.692. The van der Waals surface area contributed by atoms with E-state index in [9.17, 15) is 5.11 Å². The summed E-state index contributed by atoms with van der Waals surface area (Å²) in [6, 6.07) is 2.18. The maximum atomic E-state index is 10.2. The van der Waals surface area contributed by atoms with Gasteiger partial charge in [0, 0.05) is 9.75 Å². The molecule has 1 aliphatic carbocycles. The lowest BCUT2D eigenvalue weighted by Gasteiger charge is -2.14. The van der Waals surface area contributed by atoms with Gasteiger partial charge in [-0.25, -0.2) is 0 Å². The summed E-state index contributed by atoms with van der Waals surface area (Å²) in [6.45, 7) is 4.22. The summed E-state index contributed by atoms with van der Waals surface area (Å²) < 4.78 is 0. The van der Waals surface area contributed by atoms with Crippen LogP contribution in [0.1, 0.15) is 53.5 Å². The van der Waals surface area contributed by atoms with E-state index in [1.54, 1.807) is 11.3 Å². The van der Waals surface area contributed by atoms with Crippen molar-refractivity contribution in [2.75, 3.05) is 0 Å². The number of rotatable bonds is 3. The van der Waals surface area contributed by atoms with Crippen molar-refractivity contribution in [3.63, 3.8) is 0 Å². The molecule has 1 atom stereocenters. The van der Waals surface area contributed by atoms with Crippen LogP contribution in [0.4, 0.5) is 0 Å². The van der Waals surface area contributed by atoms with Crippen molar-refractivity contribution in [1.29, 1.82) is 0 Å². The maximum absolute atomic E-state index is 10.2. The minimum absolute atomic E-state index is 0.216. The van der Waals surface area contributed by atoms with Crippen molar-refractivity contribution in [2.45, 2.75) is 52.1 Å². The summed E-state index contributed by atoms with van der Waals surface area (Å²) in [5.74, 6) is 0.766. The van der Waals surface area contributed by atoms with Crippen LogP contribution in [-0.2, 0) is 0 Å². The molecule has 0 aliphatic heterocycles. The predicted octanol–water partition coefficient (Wildman–Crippen LogP) is 3.98. The monoisotopic (exact) mass is 224 g/mol. The second kappa shape index (κ2) is 4.67. The Hall–Kier alpha value is -0.340. The second-order valence-electron chi connectivity index (χ2n) is 4.81. The highest BCUT2D eigenvalue weighted by molar-refractivity contribution is 7.12. The van der Waals surface area contributed by atoms with E-state index in [4.69, 9.17) is 0 Å².